The summed E-state index contributed by atoms with van der Waals surface area (Å²) in [5.41, 5.74) is 0.928. The number of hydrogen-bond acceptors (Lipinski definition) is 3. The molecule has 0 aliphatic heterocycles. The van der Waals surface area contributed by atoms with Crippen LogP contribution in [0.2, 0.25) is 0 Å². The molecule has 3 saturated carbocycles. The SMILES string of the molecule is CC(=O)[C@@H]1CC[C@@H]2[C@@H]3C[C@H](C)C4=CC(=O)CC[C@]4(C)[C@H]3C(=O)C[C@]21C. The summed E-state index contributed by atoms with van der Waals surface area (Å²) in [4.78, 5) is 37.6. The van der Waals surface area contributed by atoms with Crippen molar-refractivity contribution in [3.05, 3.63) is 11.6 Å². The summed E-state index contributed by atoms with van der Waals surface area (Å²) in [6.45, 7) is 8.37. The van der Waals surface area contributed by atoms with Gasteiger partial charge in [0.05, 0.1) is 0 Å². The molecule has 0 aromatic carbocycles. The van der Waals surface area contributed by atoms with Crippen molar-refractivity contribution in [1.82, 2.24) is 0 Å². The van der Waals surface area contributed by atoms with Crippen molar-refractivity contribution in [2.24, 2.45) is 40.4 Å². The van der Waals surface area contributed by atoms with Gasteiger partial charge in [0.25, 0.3) is 0 Å². The molecule has 25 heavy (non-hydrogen) atoms. The maximum atomic E-state index is 13.4. The number of rotatable bonds is 1. The van der Waals surface area contributed by atoms with Gasteiger partial charge in [-0.3, -0.25) is 14.4 Å². The van der Waals surface area contributed by atoms with Crippen LogP contribution in [-0.4, -0.2) is 17.3 Å². The van der Waals surface area contributed by atoms with Crippen LogP contribution in [0.5, 0.6) is 0 Å². The minimum Gasteiger partial charge on any atom is -0.300 e. The van der Waals surface area contributed by atoms with Gasteiger partial charge in [-0.15, -0.1) is 0 Å². The van der Waals surface area contributed by atoms with Crippen molar-refractivity contribution >= 4 is 17.3 Å². The second kappa shape index (κ2) is 5.37. The molecule has 0 heterocycles. The summed E-state index contributed by atoms with van der Waals surface area (Å²) < 4.78 is 0. The third kappa shape index (κ3) is 2.20. The Hall–Kier alpha value is -1.25. The maximum Gasteiger partial charge on any atom is 0.155 e. The Morgan fingerprint density at radius 1 is 1.20 bits per heavy atom. The van der Waals surface area contributed by atoms with Gasteiger partial charge >= 0.3 is 0 Å². The van der Waals surface area contributed by atoms with E-state index in [-0.39, 0.29) is 34.2 Å². The molecule has 0 spiro atoms. The molecule has 4 aliphatic rings. The standard InChI is InChI=1S/C22H30O3/c1-12-9-15-17-6-5-16(13(2)23)22(17,4)11-19(25)20(15)21(3)8-7-14(24)10-18(12)21/h10,12,15-17,20H,5-9,11H2,1-4H3/t12-,15-,16-,17+,20+,21-,22-/m0/s1. The molecule has 4 aliphatic carbocycles. The largest absolute Gasteiger partial charge is 0.300 e. The summed E-state index contributed by atoms with van der Waals surface area (Å²) in [6, 6.07) is 0. The Bertz CT molecular complexity index is 689. The zero-order valence-electron chi connectivity index (χ0n) is 15.9. The number of carbonyl (C=O) groups excluding carboxylic acids is 3. The van der Waals surface area contributed by atoms with E-state index < -0.39 is 0 Å². The highest BCUT2D eigenvalue weighted by Gasteiger charge is 2.63. The van der Waals surface area contributed by atoms with Crippen LogP contribution in [-0.2, 0) is 14.4 Å². The van der Waals surface area contributed by atoms with Crippen molar-refractivity contribution in [2.75, 3.05) is 0 Å². The van der Waals surface area contributed by atoms with Gasteiger partial charge in [0.1, 0.15) is 11.6 Å². The third-order valence-corrected chi connectivity index (χ3v) is 8.46. The Labute approximate surface area is 150 Å². The molecule has 0 saturated heterocycles. The lowest BCUT2D eigenvalue weighted by molar-refractivity contribution is -0.149. The Kier molecular flexibility index (Phi) is 3.69. The third-order valence-electron chi connectivity index (χ3n) is 8.46. The lowest BCUT2D eigenvalue weighted by atomic mass is 9.45. The zero-order valence-corrected chi connectivity index (χ0v) is 15.9. The van der Waals surface area contributed by atoms with E-state index in [1.165, 1.54) is 5.57 Å². The first kappa shape index (κ1) is 17.2. The molecule has 0 radical (unpaired) electrons. The Balaban J connectivity index is 1.77. The second-order valence-electron chi connectivity index (χ2n) is 9.76. The topological polar surface area (TPSA) is 51.2 Å². The van der Waals surface area contributed by atoms with Crippen LogP contribution in [0.15, 0.2) is 11.6 Å². The van der Waals surface area contributed by atoms with E-state index in [9.17, 15) is 14.4 Å². The number of allylic oxidation sites excluding steroid dienone is 1. The van der Waals surface area contributed by atoms with Gasteiger partial charge in [-0.05, 0) is 67.3 Å². The van der Waals surface area contributed by atoms with Crippen molar-refractivity contribution in [2.45, 2.75) is 66.2 Å². The van der Waals surface area contributed by atoms with Crippen LogP contribution in [0.3, 0.4) is 0 Å². The fourth-order valence-electron chi connectivity index (χ4n) is 7.49. The minimum atomic E-state index is -0.150. The predicted molar refractivity (Wildman–Crippen MR) is 95.8 cm³/mol. The highest BCUT2D eigenvalue weighted by atomic mass is 16.1. The van der Waals surface area contributed by atoms with Gasteiger partial charge in [-0.25, -0.2) is 0 Å². The molecule has 0 bridgehead atoms. The number of Topliss-reactive ketones (excluding diaryl/α,β-unsaturated/α-hetero) is 2. The normalized spacial score (nSPS) is 49.1. The van der Waals surface area contributed by atoms with Crippen molar-refractivity contribution in [3.8, 4) is 0 Å². The fraction of sp³-hybridized carbons (Fsp3) is 0.773. The van der Waals surface area contributed by atoms with Gasteiger partial charge < -0.3 is 0 Å². The first-order valence-corrected chi connectivity index (χ1v) is 9.96. The van der Waals surface area contributed by atoms with Crippen LogP contribution in [0, 0.1) is 40.4 Å². The average Bonchev–Trinajstić information content (AvgIpc) is 2.85. The number of carbonyl (C=O) groups is 3. The monoisotopic (exact) mass is 342 g/mol. The van der Waals surface area contributed by atoms with Crippen LogP contribution >= 0.6 is 0 Å². The van der Waals surface area contributed by atoms with Gasteiger partial charge in [-0.1, -0.05) is 26.3 Å². The predicted octanol–water partition coefficient (Wildman–Crippen LogP) is 4.15. The molecule has 4 rings (SSSR count). The zero-order chi connectivity index (χ0) is 18.1. The van der Waals surface area contributed by atoms with Gasteiger partial charge in [0.15, 0.2) is 5.78 Å². The number of fused-ring (bicyclic) bond motifs is 5. The molecule has 0 N–H and O–H groups in total. The Morgan fingerprint density at radius 2 is 1.92 bits per heavy atom. The van der Waals surface area contributed by atoms with E-state index in [4.69, 9.17) is 0 Å². The summed E-state index contributed by atoms with van der Waals surface area (Å²) in [5.74, 6) is 2.15. The van der Waals surface area contributed by atoms with Crippen molar-refractivity contribution in [1.29, 1.82) is 0 Å². The molecule has 3 heteroatoms. The average molecular weight is 342 g/mol. The molecule has 3 nitrogen and oxygen atoms in total. The molecule has 0 amide bonds. The first-order valence-electron chi connectivity index (χ1n) is 9.96. The second-order valence-corrected chi connectivity index (χ2v) is 9.76. The molecule has 0 aromatic heterocycles. The van der Waals surface area contributed by atoms with Crippen molar-refractivity contribution < 1.29 is 14.4 Å². The van der Waals surface area contributed by atoms with Crippen LogP contribution in [0.1, 0.15) is 66.2 Å². The van der Waals surface area contributed by atoms with E-state index in [0.29, 0.717) is 36.4 Å². The van der Waals surface area contributed by atoms with Crippen molar-refractivity contribution in [3.63, 3.8) is 0 Å². The van der Waals surface area contributed by atoms with Gasteiger partial charge in [0, 0.05) is 24.7 Å². The van der Waals surface area contributed by atoms with E-state index >= 15 is 0 Å². The smallest absolute Gasteiger partial charge is 0.155 e. The van der Waals surface area contributed by atoms with Gasteiger partial charge in [0.2, 0.25) is 0 Å². The summed E-state index contributed by atoms with van der Waals surface area (Å²) in [5, 5.41) is 0. The highest BCUT2D eigenvalue weighted by molar-refractivity contribution is 5.93. The maximum absolute atomic E-state index is 13.4. The molecular formula is C22H30O3. The molecule has 136 valence electrons. The molecule has 7 atom stereocenters. The van der Waals surface area contributed by atoms with Gasteiger partial charge in [-0.2, -0.15) is 0 Å². The molecule has 0 aromatic rings. The number of hydrogen-bond donors (Lipinski definition) is 0. The quantitative estimate of drug-likeness (QED) is 0.719. The lowest BCUT2D eigenvalue weighted by Crippen LogP contribution is -2.56. The summed E-state index contributed by atoms with van der Waals surface area (Å²) >= 11 is 0. The first-order chi connectivity index (χ1) is 11.7. The number of ketones is 3. The lowest BCUT2D eigenvalue weighted by Gasteiger charge is -2.58. The molecule has 3 fully saturated rings. The van der Waals surface area contributed by atoms with Crippen LogP contribution in [0.25, 0.3) is 0 Å². The summed E-state index contributed by atoms with van der Waals surface area (Å²) in [7, 11) is 0. The van der Waals surface area contributed by atoms with Crippen LogP contribution < -0.4 is 0 Å². The van der Waals surface area contributed by atoms with E-state index in [0.717, 1.165) is 25.7 Å². The minimum absolute atomic E-state index is 0.0480. The van der Waals surface area contributed by atoms with Crippen LogP contribution in [0.4, 0.5) is 0 Å². The molecule has 0 unspecified atom stereocenters. The highest BCUT2D eigenvalue weighted by Crippen LogP contribution is 2.66. The molecular weight excluding hydrogens is 312 g/mol. The fourth-order valence-corrected chi connectivity index (χ4v) is 7.49. The van der Waals surface area contributed by atoms with E-state index in [1.807, 2.05) is 6.08 Å². The Morgan fingerprint density at radius 3 is 2.60 bits per heavy atom. The van der Waals surface area contributed by atoms with E-state index in [1.54, 1.807) is 6.92 Å². The van der Waals surface area contributed by atoms with E-state index in [2.05, 4.69) is 20.8 Å². The summed E-state index contributed by atoms with van der Waals surface area (Å²) in [6.07, 6.45) is 6.81.